The van der Waals surface area contributed by atoms with Crippen LogP contribution < -0.4 is 5.32 Å². The van der Waals surface area contributed by atoms with Crippen LogP contribution >= 0.6 is 11.6 Å². The Hall–Kier alpha value is -2.59. The molecule has 0 aliphatic carbocycles. The lowest BCUT2D eigenvalue weighted by Gasteiger charge is -2.06. The number of aromatic nitrogens is 2. The third-order valence-corrected chi connectivity index (χ3v) is 3.98. The Morgan fingerprint density at radius 2 is 1.92 bits per heavy atom. The summed E-state index contributed by atoms with van der Waals surface area (Å²) in [5.74, 6) is -0.179. The fourth-order valence-corrected chi connectivity index (χ4v) is 2.65. The number of carbonyl (C=O) groups excluding carboxylic acids is 1. The molecule has 1 aromatic heterocycles. The average molecular weight is 340 g/mol. The first-order valence-electron chi connectivity index (χ1n) is 7.78. The van der Waals surface area contributed by atoms with Gasteiger partial charge in [-0.1, -0.05) is 41.4 Å². The van der Waals surface area contributed by atoms with E-state index in [0.29, 0.717) is 17.3 Å². The highest BCUT2D eigenvalue weighted by Crippen LogP contribution is 2.23. The number of hydrogen-bond acceptors (Lipinski definition) is 2. The van der Waals surface area contributed by atoms with E-state index in [1.165, 1.54) is 0 Å². The third kappa shape index (κ3) is 3.49. The highest BCUT2D eigenvalue weighted by Gasteiger charge is 2.16. The fraction of sp³-hybridized carbons (Fsp3) is 0.158. The Bertz CT molecular complexity index is 869. The minimum Gasteiger partial charge on any atom is -0.321 e. The molecule has 1 amide bonds. The van der Waals surface area contributed by atoms with Crippen LogP contribution in [0, 0.1) is 6.92 Å². The van der Waals surface area contributed by atoms with Gasteiger partial charge in [-0.3, -0.25) is 9.48 Å². The Labute approximate surface area is 146 Å². The molecule has 1 heterocycles. The minimum absolute atomic E-state index is 0.179. The highest BCUT2D eigenvalue weighted by atomic mass is 35.5. The van der Waals surface area contributed by atoms with Crippen molar-refractivity contribution < 1.29 is 4.79 Å². The second-order valence-electron chi connectivity index (χ2n) is 5.56. The van der Waals surface area contributed by atoms with Gasteiger partial charge in [0, 0.05) is 22.8 Å². The maximum Gasteiger partial charge on any atom is 0.273 e. The van der Waals surface area contributed by atoms with Crippen molar-refractivity contribution in [3.05, 3.63) is 70.9 Å². The summed E-state index contributed by atoms with van der Waals surface area (Å²) >= 11 is 6.04. The summed E-state index contributed by atoms with van der Waals surface area (Å²) in [7, 11) is 0. The fourth-order valence-electron chi connectivity index (χ4n) is 2.46. The summed E-state index contributed by atoms with van der Waals surface area (Å²) in [4.78, 5) is 12.6. The Morgan fingerprint density at radius 1 is 1.17 bits per heavy atom. The van der Waals surface area contributed by atoms with Gasteiger partial charge in [-0.25, -0.2) is 0 Å². The number of aryl methyl sites for hydroxylation is 2. The predicted octanol–water partition coefficient (Wildman–Crippen LogP) is 4.78. The zero-order valence-electron chi connectivity index (χ0n) is 13.6. The Balaban J connectivity index is 1.89. The van der Waals surface area contributed by atoms with E-state index in [4.69, 9.17) is 11.6 Å². The molecule has 5 heteroatoms. The van der Waals surface area contributed by atoms with Gasteiger partial charge in [0.2, 0.25) is 0 Å². The van der Waals surface area contributed by atoms with Crippen molar-refractivity contribution in [1.29, 1.82) is 0 Å². The molecule has 2 aromatic carbocycles. The SMILES string of the molecule is CCn1nc(-c2cccc(Cl)c2)cc1C(=O)Nc1ccc(C)cc1. The van der Waals surface area contributed by atoms with E-state index in [2.05, 4.69) is 10.4 Å². The van der Waals surface area contributed by atoms with Gasteiger partial charge in [-0.15, -0.1) is 0 Å². The number of amides is 1. The van der Waals surface area contributed by atoms with Crippen LogP contribution in [-0.4, -0.2) is 15.7 Å². The highest BCUT2D eigenvalue weighted by molar-refractivity contribution is 6.30. The normalized spacial score (nSPS) is 10.6. The summed E-state index contributed by atoms with van der Waals surface area (Å²) in [6, 6.07) is 16.9. The second kappa shape index (κ2) is 6.89. The van der Waals surface area contributed by atoms with Crippen LogP contribution in [0.1, 0.15) is 23.0 Å². The van der Waals surface area contributed by atoms with Crippen LogP contribution in [0.25, 0.3) is 11.3 Å². The van der Waals surface area contributed by atoms with E-state index in [1.54, 1.807) is 10.7 Å². The lowest BCUT2D eigenvalue weighted by molar-refractivity contribution is 0.101. The van der Waals surface area contributed by atoms with Crippen molar-refractivity contribution in [3.63, 3.8) is 0 Å². The molecular formula is C19H18ClN3O. The van der Waals surface area contributed by atoms with Crippen molar-refractivity contribution in [1.82, 2.24) is 9.78 Å². The third-order valence-electron chi connectivity index (χ3n) is 3.74. The molecule has 3 aromatic rings. The molecular weight excluding hydrogens is 322 g/mol. The second-order valence-corrected chi connectivity index (χ2v) is 6.00. The number of anilines is 1. The van der Waals surface area contributed by atoms with Gasteiger partial charge in [0.05, 0.1) is 5.69 Å². The first-order chi connectivity index (χ1) is 11.6. The standard InChI is InChI=1S/C19H18ClN3O/c1-3-23-18(19(24)21-16-9-7-13(2)8-10-16)12-17(22-23)14-5-4-6-15(20)11-14/h4-12H,3H2,1-2H3,(H,21,24). The lowest BCUT2D eigenvalue weighted by Crippen LogP contribution is -2.17. The molecule has 3 rings (SSSR count). The van der Waals surface area contributed by atoms with Crippen molar-refractivity contribution in [2.24, 2.45) is 0 Å². The van der Waals surface area contributed by atoms with E-state index in [-0.39, 0.29) is 5.91 Å². The van der Waals surface area contributed by atoms with Gasteiger partial charge in [-0.2, -0.15) is 5.10 Å². The number of nitrogens with zero attached hydrogens (tertiary/aromatic N) is 2. The molecule has 0 spiro atoms. The number of nitrogens with one attached hydrogen (secondary N) is 1. The topological polar surface area (TPSA) is 46.9 Å². The molecule has 0 fully saturated rings. The van der Waals surface area contributed by atoms with Gasteiger partial charge >= 0.3 is 0 Å². The smallest absolute Gasteiger partial charge is 0.273 e. The van der Waals surface area contributed by atoms with Gasteiger partial charge in [0.25, 0.3) is 5.91 Å². The van der Waals surface area contributed by atoms with Crippen LogP contribution in [0.3, 0.4) is 0 Å². The number of hydrogen-bond donors (Lipinski definition) is 1. The van der Waals surface area contributed by atoms with E-state index in [9.17, 15) is 4.79 Å². The molecule has 0 saturated heterocycles. The van der Waals surface area contributed by atoms with Crippen LogP contribution in [0.2, 0.25) is 5.02 Å². The summed E-state index contributed by atoms with van der Waals surface area (Å²) in [5.41, 5.74) is 4.05. The summed E-state index contributed by atoms with van der Waals surface area (Å²) < 4.78 is 1.69. The lowest BCUT2D eigenvalue weighted by atomic mass is 10.1. The largest absolute Gasteiger partial charge is 0.321 e. The average Bonchev–Trinajstić information content (AvgIpc) is 3.01. The number of benzene rings is 2. The number of rotatable bonds is 4. The zero-order valence-corrected chi connectivity index (χ0v) is 14.3. The van der Waals surface area contributed by atoms with Crippen LogP contribution in [0.15, 0.2) is 54.6 Å². The summed E-state index contributed by atoms with van der Waals surface area (Å²) in [5, 5.41) is 8.07. The van der Waals surface area contributed by atoms with Crippen molar-refractivity contribution in [3.8, 4) is 11.3 Å². The minimum atomic E-state index is -0.179. The van der Waals surface area contributed by atoms with Crippen LogP contribution in [-0.2, 0) is 6.54 Å². The van der Waals surface area contributed by atoms with Crippen molar-refractivity contribution in [2.45, 2.75) is 20.4 Å². The molecule has 0 aliphatic heterocycles. The Morgan fingerprint density at radius 3 is 2.58 bits per heavy atom. The molecule has 0 atom stereocenters. The van der Waals surface area contributed by atoms with Gasteiger partial charge < -0.3 is 5.32 Å². The molecule has 4 nitrogen and oxygen atoms in total. The first kappa shape index (κ1) is 16.3. The molecule has 0 radical (unpaired) electrons. The van der Waals surface area contributed by atoms with Crippen molar-refractivity contribution in [2.75, 3.05) is 5.32 Å². The molecule has 0 saturated carbocycles. The van der Waals surface area contributed by atoms with E-state index < -0.39 is 0 Å². The van der Waals surface area contributed by atoms with Gasteiger partial charge in [-0.05, 0) is 44.2 Å². The quantitative estimate of drug-likeness (QED) is 0.743. The maximum absolute atomic E-state index is 12.6. The Kier molecular flexibility index (Phi) is 4.67. The van der Waals surface area contributed by atoms with Crippen LogP contribution in [0.4, 0.5) is 5.69 Å². The number of halogens is 1. The van der Waals surface area contributed by atoms with Gasteiger partial charge in [0.1, 0.15) is 5.69 Å². The molecule has 122 valence electrons. The van der Waals surface area contributed by atoms with E-state index in [1.807, 2.05) is 62.4 Å². The van der Waals surface area contributed by atoms with E-state index in [0.717, 1.165) is 22.5 Å². The molecule has 0 unspecified atom stereocenters. The summed E-state index contributed by atoms with van der Waals surface area (Å²) in [6.45, 7) is 4.57. The zero-order chi connectivity index (χ0) is 17.1. The molecule has 1 N–H and O–H groups in total. The maximum atomic E-state index is 12.6. The first-order valence-corrected chi connectivity index (χ1v) is 8.16. The van der Waals surface area contributed by atoms with Crippen molar-refractivity contribution >= 4 is 23.2 Å². The predicted molar refractivity (Wildman–Crippen MR) is 97.5 cm³/mol. The molecule has 0 aliphatic rings. The van der Waals surface area contributed by atoms with Gasteiger partial charge in [0.15, 0.2) is 0 Å². The molecule has 0 bridgehead atoms. The van der Waals surface area contributed by atoms with Crippen LogP contribution in [0.5, 0.6) is 0 Å². The summed E-state index contributed by atoms with van der Waals surface area (Å²) in [6.07, 6.45) is 0. The monoisotopic (exact) mass is 339 g/mol. The van der Waals surface area contributed by atoms with E-state index >= 15 is 0 Å². The molecule has 24 heavy (non-hydrogen) atoms. The number of carbonyl (C=O) groups is 1.